The van der Waals surface area contributed by atoms with Crippen molar-refractivity contribution >= 4 is 17.5 Å². The zero-order chi connectivity index (χ0) is 17.6. The lowest BCUT2D eigenvalue weighted by Crippen LogP contribution is -2.44. The third kappa shape index (κ3) is 4.25. The molecular formula is C20H23N3O2. The maximum Gasteiger partial charge on any atom is 0.251 e. The van der Waals surface area contributed by atoms with Gasteiger partial charge in [0.1, 0.15) is 0 Å². The summed E-state index contributed by atoms with van der Waals surface area (Å²) in [6.45, 7) is 3.33. The Hall–Kier alpha value is -2.66. The van der Waals surface area contributed by atoms with E-state index in [1.807, 2.05) is 19.1 Å². The molecular weight excluding hydrogens is 314 g/mol. The van der Waals surface area contributed by atoms with Crippen molar-refractivity contribution in [3.05, 3.63) is 65.2 Å². The van der Waals surface area contributed by atoms with E-state index in [-0.39, 0.29) is 17.9 Å². The topological polar surface area (TPSA) is 70.2 Å². The van der Waals surface area contributed by atoms with Gasteiger partial charge in [0.05, 0.1) is 6.04 Å². The Bertz CT molecular complexity index is 773. The van der Waals surface area contributed by atoms with E-state index >= 15 is 0 Å². The summed E-state index contributed by atoms with van der Waals surface area (Å²) in [6.07, 6.45) is 1.55. The Kier molecular flexibility index (Phi) is 5.46. The number of fused-ring (bicyclic) bond motifs is 1. The highest BCUT2D eigenvalue weighted by molar-refractivity contribution is 5.98. The Morgan fingerprint density at radius 1 is 1.12 bits per heavy atom. The van der Waals surface area contributed by atoms with Crippen LogP contribution < -0.4 is 16.0 Å². The molecule has 0 saturated carbocycles. The van der Waals surface area contributed by atoms with Crippen LogP contribution in [-0.2, 0) is 17.8 Å². The van der Waals surface area contributed by atoms with Crippen molar-refractivity contribution in [2.75, 3.05) is 11.9 Å². The molecule has 1 aliphatic heterocycles. The van der Waals surface area contributed by atoms with Crippen LogP contribution in [0.1, 0.15) is 34.8 Å². The summed E-state index contributed by atoms with van der Waals surface area (Å²) >= 11 is 0. The first kappa shape index (κ1) is 17.2. The number of hydrogen-bond donors (Lipinski definition) is 3. The lowest BCUT2D eigenvalue weighted by Gasteiger charge is -2.25. The number of nitrogens with one attached hydrogen (secondary N) is 3. The molecule has 1 heterocycles. The zero-order valence-corrected chi connectivity index (χ0v) is 14.3. The van der Waals surface area contributed by atoms with Crippen molar-refractivity contribution in [3.8, 4) is 0 Å². The Morgan fingerprint density at radius 3 is 2.72 bits per heavy atom. The number of carbonyl (C=O) groups is 2. The van der Waals surface area contributed by atoms with Crippen LogP contribution in [-0.4, -0.2) is 24.4 Å². The molecule has 2 amide bonds. The molecule has 3 N–H and O–H groups in total. The molecule has 5 nitrogen and oxygen atoms in total. The van der Waals surface area contributed by atoms with E-state index in [0.29, 0.717) is 30.8 Å². The van der Waals surface area contributed by atoms with Crippen LogP contribution in [0.3, 0.4) is 0 Å². The van der Waals surface area contributed by atoms with Crippen LogP contribution in [0.15, 0.2) is 48.5 Å². The first-order valence-electron chi connectivity index (χ1n) is 8.66. The minimum absolute atomic E-state index is 0.0828. The highest BCUT2D eigenvalue weighted by atomic mass is 16.2. The summed E-state index contributed by atoms with van der Waals surface area (Å²) in [4.78, 5) is 24.6. The van der Waals surface area contributed by atoms with Crippen molar-refractivity contribution < 1.29 is 9.59 Å². The van der Waals surface area contributed by atoms with E-state index in [1.54, 1.807) is 24.3 Å². The van der Waals surface area contributed by atoms with Crippen molar-refractivity contribution in [1.82, 2.24) is 10.6 Å². The van der Waals surface area contributed by atoms with Gasteiger partial charge in [0, 0.05) is 24.3 Å². The average Bonchev–Trinajstić information content (AvgIpc) is 2.65. The van der Waals surface area contributed by atoms with E-state index in [1.165, 1.54) is 11.1 Å². The van der Waals surface area contributed by atoms with E-state index in [2.05, 4.69) is 28.1 Å². The second-order valence-electron chi connectivity index (χ2n) is 6.23. The number of benzene rings is 2. The molecule has 1 atom stereocenters. The number of hydrogen-bond acceptors (Lipinski definition) is 3. The van der Waals surface area contributed by atoms with Crippen molar-refractivity contribution in [2.45, 2.75) is 32.4 Å². The summed E-state index contributed by atoms with van der Waals surface area (Å²) in [5, 5.41) is 9.02. The van der Waals surface area contributed by atoms with Crippen LogP contribution in [0, 0.1) is 0 Å². The van der Waals surface area contributed by atoms with Crippen LogP contribution in [0.2, 0.25) is 0 Å². The minimum atomic E-state index is -0.271. The van der Waals surface area contributed by atoms with Gasteiger partial charge in [-0.25, -0.2) is 0 Å². The molecule has 0 saturated heterocycles. The van der Waals surface area contributed by atoms with Gasteiger partial charge in [0.15, 0.2) is 0 Å². The van der Waals surface area contributed by atoms with Crippen LogP contribution in [0.25, 0.3) is 0 Å². The van der Waals surface area contributed by atoms with Gasteiger partial charge >= 0.3 is 0 Å². The molecule has 2 aromatic carbocycles. The maximum atomic E-state index is 12.6. The second-order valence-corrected chi connectivity index (χ2v) is 6.23. The van der Waals surface area contributed by atoms with E-state index in [9.17, 15) is 9.59 Å². The molecule has 0 fully saturated rings. The van der Waals surface area contributed by atoms with Gasteiger partial charge < -0.3 is 16.0 Å². The average molecular weight is 337 g/mol. The molecule has 1 aliphatic rings. The normalized spacial score (nSPS) is 16.0. The Labute approximate surface area is 147 Å². The molecule has 0 aliphatic carbocycles. The fourth-order valence-corrected chi connectivity index (χ4v) is 2.95. The van der Waals surface area contributed by atoms with E-state index in [4.69, 9.17) is 0 Å². The number of carbonyl (C=O) groups excluding carboxylic acids is 2. The predicted molar refractivity (Wildman–Crippen MR) is 98.5 cm³/mol. The van der Waals surface area contributed by atoms with Gasteiger partial charge in [-0.2, -0.15) is 0 Å². The highest BCUT2D eigenvalue weighted by Crippen LogP contribution is 2.18. The molecule has 25 heavy (non-hydrogen) atoms. The molecule has 1 unspecified atom stereocenters. The quantitative estimate of drug-likeness (QED) is 0.785. The molecule has 0 bridgehead atoms. The molecule has 0 aromatic heterocycles. The summed E-state index contributed by atoms with van der Waals surface area (Å²) in [5.74, 6) is -0.205. The van der Waals surface area contributed by atoms with Gasteiger partial charge in [0.25, 0.3) is 5.91 Å². The smallest absolute Gasteiger partial charge is 0.251 e. The fraction of sp³-hybridized carbons (Fsp3) is 0.300. The van der Waals surface area contributed by atoms with E-state index in [0.717, 1.165) is 6.42 Å². The first-order chi connectivity index (χ1) is 12.2. The predicted octanol–water partition coefficient (Wildman–Crippen LogP) is 2.48. The molecule has 130 valence electrons. The Balaban J connectivity index is 1.64. The number of anilines is 1. The second kappa shape index (κ2) is 7.94. The highest BCUT2D eigenvalue weighted by Gasteiger charge is 2.24. The third-order valence-electron chi connectivity index (χ3n) is 4.33. The SMILES string of the molecule is CCCNC(=O)c1cccc(NC(=O)C2Cc3ccccc3CN2)c1. The van der Waals surface area contributed by atoms with E-state index < -0.39 is 0 Å². The molecule has 2 aromatic rings. The lowest BCUT2D eigenvalue weighted by molar-refractivity contribution is -0.118. The zero-order valence-electron chi connectivity index (χ0n) is 14.3. The third-order valence-corrected chi connectivity index (χ3v) is 4.33. The fourth-order valence-electron chi connectivity index (χ4n) is 2.95. The van der Waals surface area contributed by atoms with Crippen LogP contribution >= 0.6 is 0 Å². The van der Waals surface area contributed by atoms with Gasteiger partial charge in [0.2, 0.25) is 5.91 Å². The number of rotatable bonds is 5. The lowest BCUT2D eigenvalue weighted by atomic mass is 9.95. The summed E-state index contributed by atoms with van der Waals surface area (Å²) < 4.78 is 0. The van der Waals surface area contributed by atoms with Gasteiger partial charge in [-0.1, -0.05) is 37.3 Å². The van der Waals surface area contributed by atoms with Crippen LogP contribution in [0.4, 0.5) is 5.69 Å². The summed E-state index contributed by atoms with van der Waals surface area (Å²) in [5.41, 5.74) is 3.62. The largest absolute Gasteiger partial charge is 0.352 e. The molecule has 0 spiro atoms. The minimum Gasteiger partial charge on any atom is -0.352 e. The summed E-state index contributed by atoms with van der Waals surface area (Å²) in [7, 11) is 0. The standard InChI is InChI=1S/C20H23N3O2/c1-2-10-21-19(24)15-8-5-9-17(11-15)23-20(25)18-12-14-6-3-4-7-16(14)13-22-18/h3-9,11,18,22H,2,10,12-13H2,1H3,(H,21,24)(H,23,25). The first-order valence-corrected chi connectivity index (χ1v) is 8.66. The molecule has 5 heteroatoms. The number of amides is 2. The maximum absolute atomic E-state index is 12.6. The van der Waals surface area contributed by atoms with Gasteiger partial charge in [-0.3, -0.25) is 9.59 Å². The summed E-state index contributed by atoms with van der Waals surface area (Å²) in [6, 6.07) is 14.9. The van der Waals surface area contributed by atoms with Crippen molar-refractivity contribution in [3.63, 3.8) is 0 Å². The van der Waals surface area contributed by atoms with Crippen molar-refractivity contribution in [1.29, 1.82) is 0 Å². The van der Waals surface area contributed by atoms with Crippen molar-refractivity contribution in [2.24, 2.45) is 0 Å². The molecule has 0 radical (unpaired) electrons. The molecule has 3 rings (SSSR count). The van der Waals surface area contributed by atoms with Crippen LogP contribution in [0.5, 0.6) is 0 Å². The monoisotopic (exact) mass is 337 g/mol. The van der Waals surface area contributed by atoms with Gasteiger partial charge in [-0.15, -0.1) is 0 Å². The van der Waals surface area contributed by atoms with Gasteiger partial charge in [-0.05, 0) is 42.2 Å². The Morgan fingerprint density at radius 2 is 1.92 bits per heavy atom.